The molecule has 5 aromatic rings. The van der Waals surface area contributed by atoms with Crippen molar-refractivity contribution in [3.63, 3.8) is 0 Å². The third kappa shape index (κ3) is 8.84. The summed E-state index contributed by atoms with van der Waals surface area (Å²) in [6.07, 6.45) is 0. The lowest BCUT2D eigenvalue weighted by molar-refractivity contribution is -0.0441. The number of alkyl halides is 3. The second-order valence-corrected chi connectivity index (χ2v) is 16.6. The molecule has 0 radical (unpaired) electrons. The van der Waals surface area contributed by atoms with Gasteiger partial charge in [-0.25, -0.2) is 16.8 Å². The molecule has 0 aliphatic carbocycles. The molecule has 0 aromatic heterocycles. The zero-order chi connectivity index (χ0) is 40.1. The number of sulfonamides is 2. The van der Waals surface area contributed by atoms with Gasteiger partial charge < -0.3 is 15.1 Å². The van der Waals surface area contributed by atoms with Crippen LogP contribution in [-0.2, 0) is 20.0 Å². The molecule has 8 nitrogen and oxygen atoms in total. The minimum absolute atomic E-state index is 0.104. The molecular formula is C42H47F3N4O4S2. The fourth-order valence-corrected chi connectivity index (χ4v) is 9.29. The molecule has 0 spiro atoms. The highest BCUT2D eigenvalue weighted by Crippen LogP contribution is 2.41. The molecule has 0 bridgehead atoms. The van der Waals surface area contributed by atoms with Crippen molar-refractivity contribution in [1.29, 1.82) is 0 Å². The standard InChI is InChI=1S/C42H47F3N4O4S2/c1-7-46-40-27-26-38(41(31-12-19-34(20-13-31)48(8-2)9-3)32-14-21-35(22-15-32)49(10-4)11-5)37-25-18-33(28-39(37)40)29(6)30-16-23-36(24-17-30)54(50,51)47-55(52,53)42(43,44)45/h12-28,41,46-47H,6-11H2,1-5H3. The van der Waals surface area contributed by atoms with Gasteiger partial charge in [0.15, 0.2) is 0 Å². The number of nitrogens with zero attached hydrogens (tertiary/aromatic N) is 2. The van der Waals surface area contributed by atoms with Crippen LogP contribution in [0.4, 0.5) is 30.2 Å². The van der Waals surface area contributed by atoms with E-state index in [1.54, 1.807) is 0 Å². The van der Waals surface area contributed by atoms with E-state index in [4.69, 9.17) is 0 Å². The van der Waals surface area contributed by atoms with E-state index in [1.165, 1.54) is 12.1 Å². The average molecular weight is 793 g/mol. The van der Waals surface area contributed by atoms with Gasteiger partial charge in [-0.05, 0) is 122 Å². The van der Waals surface area contributed by atoms with E-state index in [2.05, 4.69) is 116 Å². The van der Waals surface area contributed by atoms with Gasteiger partial charge in [-0.1, -0.05) is 65.3 Å². The summed E-state index contributed by atoms with van der Waals surface area (Å²) >= 11 is 0. The highest BCUT2D eigenvalue weighted by molar-refractivity contribution is 8.05. The van der Waals surface area contributed by atoms with E-state index >= 15 is 0 Å². The molecule has 0 heterocycles. The normalized spacial score (nSPS) is 12.2. The minimum Gasteiger partial charge on any atom is -0.385 e. The number of hydrogen-bond donors (Lipinski definition) is 2. The summed E-state index contributed by atoms with van der Waals surface area (Å²) in [6, 6.07) is 32.6. The van der Waals surface area contributed by atoms with Gasteiger partial charge >= 0.3 is 15.5 Å². The second kappa shape index (κ2) is 16.9. The quantitative estimate of drug-likeness (QED) is 0.0962. The van der Waals surface area contributed by atoms with Crippen molar-refractivity contribution in [2.24, 2.45) is 0 Å². The molecule has 0 saturated carbocycles. The fourth-order valence-electron chi connectivity index (χ4n) is 6.88. The summed E-state index contributed by atoms with van der Waals surface area (Å²) in [5, 5.41) is 5.45. The first-order valence-corrected chi connectivity index (χ1v) is 21.2. The third-order valence-electron chi connectivity index (χ3n) is 9.82. The zero-order valence-electron chi connectivity index (χ0n) is 31.6. The SMILES string of the molecule is C=C(c1ccc(S(=O)(=O)NS(=O)(=O)C(F)(F)F)cc1)c1ccc2c(C(c3ccc(N(CC)CC)cc3)c3ccc(N(CC)CC)cc3)ccc(NCC)c2c1. The Morgan fingerprint density at radius 1 is 0.655 bits per heavy atom. The Morgan fingerprint density at radius 2 is 1.15 bits per heavy atom. The lowest BCUT2D eigenvalue weighted by atomic mass is 9.82. The van der Waals surface area contributed by atoms with E-state index in [0.717, 1.165) is 92.5 Å². The zero-order valence-corrected chi connectivity index (χ0v) is 33.2. The van der Waals surface area contributed by atoms with Crippen molar-refractivity contribution >= 4 is 53.5 Å². The van der Waals surface area contributed by atoms with Crippen LogP contribution in [0.5, 0.6) is 0 Å². The summed E-state index contributed by atoms with van der Waals surface area (Å²) in [6.45, 7) is 19.2. The van der Waals surface area contributed by atoms with Crippen molar-refractivity contribution in [2.75, 3.05) is 47.8 Å². The number of nitrogens with one attached hydrogen (secondary N) is 2. The Labute approximate surface area is 322 Å². The molecule has 5 rings (SSSR count). The molecule has 0 saturated heterocycles. The molecule has 0 unspecified atom stereocenters. The van der Waals surface area contributed by atoms with Gasteiger partial charge in [0.2, 0.25) is 0 Å². The highest BCUT2D eigenvalue weighted by atomic mass is 32.3. The molecular weight excluding hydrogens is 746 g/mol. The van der Waals surface area contributed by atoms with Crippen LogP contribution in [0.25, 0.3) is 16.3 Å². The van der Waals surface area contributed by atoms with Crippen LogP contribution >= 0.6 is 0 Å². The van der Waals surface area contributed by atoms with E-state index in [0.29, 0.717) is 17.7 Å². The van der Waals surface area contributed by atoms with Crippen molar-refractivity contribution in [2.45, 2.75) is 50.9 Å². The summed E-state index contributed by atoms with van der Waals surface area (Å²) in [5.41, 5.74) is 2.61. The average Bonchev–Trinajstić information content (AvgIpc) is 3.16. The second-order valence-electron chi connectivity index (χ2n) is 13.0. The van der Waals surface area contributed by atoms with Crippen LogP contribution in [-0.4, -0.2) is 55.1 Å². The number of hydrogen-bond acceptors (Lipinski definition) is 7. The number of anilines is 3. The molecule has 2 N–H and O–H groups in total. The van der Waals surface area contributed by atoms with E-state index in [1.807, 2.05) is 19.1 Å². The molecule has 0 atom stereocenters. The molecule has 0 amide bonds. The van der Waals surface area contributed by atoms with E-state index in [9.17, 15) is 30.0 Å². The molecule has 13 heteroatoms. The number of fused-ring (bicyclic) bond motifs is 1. The number of halogens is 3. The van der Waals surface area contributed by atoms with Gasteiger partial charge in [0.1, 0.15) is 0 Å². The van der Waals surface area contributed by atoms with Gasteiger partial charge in [0.25, 0.3) is 10.0 Å². The molecule has 0 aliphatic heterocycles. The van der Waals surface area contributed by atoms with Gasteiger partial charge in [-0.3, -0.25) is 0 Å². The highest BCUT2D eigenvalue weighted by Gasteiger charge is 2.48. The maximum absolute atomic E-state index is 12.9. The lowest BCUT2D eigenvalue weighted by Gasteiger charge is -2.26. The molecule has 0 aliphatic rings. The summed E-state index contributed by atoms with van der Waals surface area (Å²) in [7, 11) is -11.2. The van der Waals surface area contributed by atoms with Crippen LogP contribution in [0.3, 0.4) is 0 Å². The van der Waals surface area contributed by atoms with E-state index < -0.39 is 30.5 Å². The Kier molecular flexibility index (Phi) is 12.7. The lowest BCUT2D eigenvalue weighted by Crippen LogP contribution is -2.40. The summed E-state index contributed by atoms with van der Waals surface area (Å²) in [4.78, 5) is 3.98. The topological polar surface area (TPSA) is 98.8 Å². The number of benzene rings is 5. The fraction of sp³-hybridized carbons (Fsp3) is 0.286. The van der Waals surface area contributed by atoms with Gasteiger partial charge in [0, 0.05) is 61.1 Å². The summed E-state index contributed by atoms with van der Waals surface area (Å²) in [5.74, 6) is -0.104. The molecule has 55 heavy (non-hydrogen) atoms. The molecule has 0 fully saturated rings. The van der Waals surface area contributed by atoms with Crippen LogP contribution in [0, 0.1) is 0 Å². The van der Waals surface area contributed by atoms with Crippen LogP contribution < -0.4 is 19.2 Å². The van der Waals surface area contributed by atoms with Gasteiger partial charge in [-0.2, -0.15) is 13.2 Å². The van der Waals surface area contributed by atoms with Crippen LogP contribution in [0.2, 0.25) is 0 Å². The Balaban J connectivity index is 1.59. The predicted octanol–water partition coefficient (Wildman–Crippen LogP) is 9.33. The maximum Gasteiger partial charge on any atom is 0.512 e. The Hall–Kier alpha value is -4.85. The Bertz CT molecular complexity index is 2280. The van der Waals surface area contributed by atoms with Crippen molar-refractivity contribution in [3.8, 4) is 0 Å². The third-order valence-corrected chi connectivity index (χ3v) is 13.1. The van der Waals surface area contributed by atoms with Gasteiger partial charge in [0.05, 0.1) is 4.90 Å². The monoisotopic (exact) mass is 792 g/mol. The van der Waals surface area contributed by atoms with E-state index in [-0.39, 0.29) is 5.92 Å². The first kappa shape index (κ1) is 41.3. The largest absolute Gasteiger partial charge is 0.512 e. The van der Waals surface area contributed by atoms with Crippen molar-refractivity contribution in [3.05, 3.63) is 138 Å². The summed E-state index contributed by atoms with van der Waals surface area (Å²) < 4.78 is 87.3. The van der Waals surface area contributed by atoms with Gasteiger partial charge in [-0.15, -0.1) is 0 Å². The van der Waals surface area contributed by atoms with Crippen LogP contribution in [0.1, 0.15) is 68.4 Å². The van der Waals surface area contributed by atoms with Crippen LogP contribution in [0.15, 0.2) is 115 Å². The van der Waals surface area contributed by atoms with Crippen molar-refractivity contribution < 1.29 is 30.0 Å². The molecule has 5 aromatic carbocycles. The molecule has 292 valence electrons. The first-order valence-electron chi connectivity index (χ1n) is 18.2. The smallest absolute Gasteiger partial charge is 0.385 e. The Morgan fingerprint density at radius 3 is 1.60 bits per heavy atom. The maximum atomic E-state index is 12.9. The first-order chi connectivity index (χ1) is 26.1. The van der Waals surface area contributed by atoms with Crippen molar-refractivity contribution in [1.82, 2.24) is 4.13 Å². The minimum atomic E-state index is -6.13. The predicted molar refractivity (Wildman–Crippen MR) is 219 cm³/mol. The number of rotatable bonds is 16.